The van der Waals surface area contributed by atoms with Crippen molar-refractivity contribution in [3.63, 3.8) is 0 Å². The number of fused-ring (bicyclic) bond motifs is 2. The molecule has 0 N–H and O–H groups in total. The molecule has 2 aliphatic rings. The monoisotopic (exact) mass is 434 g/mol. The van der Waals surface area contributed by atoms with Crippen LogP contribution in [-0.4, -0.2) is 17.9 Å². The van der Waals surface area contributed by atoms with Gasteiger partial charge in [-0.3, -0.25) is 14.4 Å². The highest BCUT2D eigenvalue weighted by atomic mass is 16.7. The summed E-state index contributed by atoms with van der Waals surface area (Å²) in [5.41, 5.74) is 3.49. The molecule has 4 aromatic rings. The van der Waals surface area contributed by atoms with Gasteiger partial charge in [0.2, 0.25) is 5.91 Å². The quantitative estimate of drug-likeness (QED) is 0.416. The minimum atomic E-state index is -0.872. The van der Waals surface area contributed by atoms with Crippen molar-refractivity contribution >= 4 is 34.0 Å². The van der Waals surface area contributed by atoms with Crippen LogP contribution in [0.1, 0.15) is 17.2 Å². The molecule has 162 valence electrons. The van der Waals surface area contributed by atoms with Crippen molar-refractivity contribution in [1.29, 1.82) is 0 Å². The Hall–Kier alpha value is -3.96. The van der Waals surface area contributed by atoms with Crippen LogP contribution in [0, 0.1) is 12.8 Å². The summed E-state index contributed by atoms with van der Waals surface area (Å²) >= 11 is 0. The van der Waals surface area contributed by atoms with E-state index in [1.54, 1.807) is 5.06 Å². The van der Waals surface area contributed by atoms with Gasteiger partial charge < -0.3 is 0 Å². The van der Waals surface area contributed by atoms with E-state index in [1.165, 1.54) is 4.90 Å². The first-order valence-electron chi connectivity index (χ1n) is 11.1. The lowest BCUT2D eigenvalue weighted by atomic mass is 9.90. The first kappa shape index (κ1) is 19.7. The molecule has 5 nitrogen and oxygen atoms in total. The number of rotatable bonds is 3. The molecule has 0 bridgehead atoms. The molecule has 0 unspecified atom stereocenters. The van der Waals surface area contributed by atoms with E-state index in [0.717, 1.165) is 27.6 Å². The van der Waals surface area contributed by atoms with E-state index in [-0.39, 0.29) is 11.8 Å². The maximum atomic E-state index is 13.9. The lowest BCUT2D eigenvalue weighted by Crippen LogP contribution is -2.37. The van der Waals surface area contributed by atoms with E-state index < -0.39 is 18.1 Å². The van der Waals surface area contributed by atoms with Gasteiger partial charge in [-0.05, 0) is 36.1 Å². The number of amides is 2. The van der Waals surface area contributed by atoms with Crippen LogP contribution in [0.25, 0.3) is 10.8 Å². The smallest absolute Gasteiger partial charge is 0.266 e. The zero-order chi connectivity index (χ0) is 22.5. The Morgan fingerprint density at radius 3 is 2.21 bits per heavy atom. The van der Waals surface area contributed by atoms with Crippen molar-refractivity contribution in [3.8, 4) is 0 Å². The molecular weight excluding hydrogens is 412 g/mol. The second kappa shape index (κ2) is 7.57. The molecular formula is C28H22N2O3. The van der Waals surface area contributed by atoms with E-state index >= 15 is 0 Å². The van der Waals surface area contributed by atoms with Gasteiger partial charge in [0.25, 0.3) is 5.91 Å². The van der Waals surface area contributed by atoms with Crippen molar-refractivity contribution in [1.82, 2.24) is 0 Å². The van der Waals surface area contributed by atoms with Gasteiger partial charge in [0.1, 0.15) is 5.92 Å². The molecule has 2 saturated heterocycles. The minimum Gasteiger partial charge on any atom is -0.273 e. The van der Waals surface area contributed by atoms with Crippen LogP contribution in [0.2, 0.25) is 0 Å². The van der Waals surface area contributed by atoms with Gasteiger partial charge in [0.15, 0.2) is 6.10 Å². The minimum absolute atomic E-state index is 0.231. The van der Waals surface area contributed by atoms with E-state index in [1.807, 2.05) is 104 Å². The SMILES string of the molecule is Cc1ccc([C@@H]2[C@@H]3C(=O)N(c4cccc5ccccc45)C(=O)[C@H]3ON2c2ccccc2)cc1. The molecule has 0 radical (unpaired) electrons. The molecule has 4 aromatic carbocycles. The number of nitrogens with zero attached hydrogens (tertiary/aromatic N) is 2. The van der Waals surface area contributed by atoms with Crippen LogP contribution in [0.3, 0.4) is 0 Å². The Morgan fingerprint density at radius 1 is 0.727 bits per heavy atom. The molecule has 2 heterocycles. The number of carbonyl (C=O) groups excluding carboxylic acids is 2. The van der Waals surface area contributed by atoms with Gasteiger partial charge in [0, 0.05) is 5.39 Å². The third-order valence-corrected chi connectivity index (χ3v) is 6.55. The van der Waals surface area contributed by atoms with Crippen molar-refractivity contribution in [3.05, 3.63) is 108 Å². The second-order valence-corrected chi connectivity index (χ2v) is 8.58. The second-order valence-electron chi connectivity index (χ2n) is 8.58. The number of para-hydroxylation sites is 1. The molecule has 0 aromatic heterocycles. The Labute approximate surface area is 191 Å². The summed E-state index contributed by atoms with van der Waals surface area (Å²) in [5, 5.41) is 3.58. The normalized spacial score (nSPS) is 22.3. The summed E-state index contributed by atoms with van der Waals surface area (Å²) in [4.78, 5) is 35.0. The van der Waals surface area contributed by atoms with Crippen molar-refractivity contribution in [2.24, 2.45) is 5.92 Å². The van der Waals surface area contributed by atoms with Crippen molar-refractivity contribution < 1.29 is 14.4 Å². The van der Waals surface area contributed by atoms with Crippen molar-refractivity contribution in [2.45, 2.75) is 19.1 Å². The van der Waals surface area contributed by atoms with Gasteiger partial charge in [-0.25, -0.2) is 9.96 Å². The van der Waals surface area contributed by atoms with Crippen LogP contribution >= 0.6 is 0 Å². The number of carbonyl (C=O) groups is 2. The number of hydrogen-bond acceptors (Lipinski definition) is 4. The first-order chi connectivity index (χ1) is 16.1. The topological polar surface area (TPSA) is 49.9 Å². The maximum absolute atomic E-state index is 13.9. The lowest BCUT2D eigenvalue weighted by molar-refractivity contribution is -0.126. The van der Waals surface area contributed by atoms with E-state index in [4.69, 9.17) is 4.84 Å². The Kier molecular flexibility index (Phi) is 4.52. The number of hydroxylamine groups is 1. The molecule has 0 spiro atoms. The van der Waals surface area contributed by atoms with Crippen molar-refractivity contribution in [2.75, 3.05) is 9.96 Å². The molecule has 3 atom stereocenters. The Balaban J connectivity index is 1.46. The van der Waals surface area contributed by atoms with E-state index in [9.17, 15) is 9.59 Å². The van der Waals surface area contributed by atoms with E-state index in [0.29, 0.717) is 5.69 Å². The molecule has 33 heavy (non-hydrogen) atoms. The van der Waals surface area contributed by atoms with Gasteiger partial charge in [-0.15, -0.1) is 0 Å². The van der Waals surface area contributed by atoms with Crippen LogP contribution in [0.4, 0.5) is 11.4 Å². The predicted molar refractivity (Wildman–Crippen MR) is 128 cm³/mol. The number of hydrogen-bond donors (Lipinski definition) is 0. The molecule has 0 aliphatic carbocycles. The summed E-state index contributed by atoms with van der Waals surface area (Å²) in [7, 11) is 0. The average molecular weight is 434 g/mol. The fourth-order valence-electron chi connectivity index (χ4n) is 4.96. The van der Waals surface area contributed by atoms with Crippen LogP contribution in [-0.2, 0) is 14.4 Å². The van der Waals surface area contributed by atoms with Crippen LogP contribution < -0.4 is 9.96 Å². The third-order valence-electron chi connectivity index (χ3n) is 6.55. The predicted octanol–water partition coefficient (Wildman–Crippen LogP) is 5.20. The first-order valence-corrected chi connectivity index (χ1v) is 11.1. The van der Waals surface area contributed by atoms with Gasteiger partial charge in [-0.2, -0.15) is 0 Å². The highest BCUT2D eigenvalue weighted by Gasteiger charge is 2.60. The molecule has 5 heteroatoms. The Bertz CT molecular complexity index is 1360. The fourth-order valence-corrected chi connectivity index (χ4v) is 4.96. The lowest BCUT2D eigenvalue weighted by Gasteiger charge is -2.29. The van der Waals surface area contributed by atoms with Gasteiger partial charge >= 0.3 is 0 Å². The standard InChI is InChI=1S/C28H22N2O3/c1-18-14-16-20(17-15-18)25-24-26(33-30(25)21-10-3-2-4-11-21)28(32)29(27(24)31)23-13-7-9-19-8-5-6-12-22(19)23/h2-17,24-26H,1H3/t24-,25+,26-/m0/s1. The summed E-state index contributed by atoms with van der Waals surface area (Å²) in [6.45, 7) is 2.03. The summed E-state index contributed by atoms with van der Waals surface area (Å²) in [5.74, 6) is -1.19. The number of anilines is 2. The Morgan fingerprint density at radius 2 is 1.42 bits per heavy atom. The van der Waals surface area contributed by atoms with E-state index in [2.05, 4.69) is 0 Å². The highest BCUT2D eigenvalue weighted by molar-refractivity contribution is 6.26. The number of aryl methyl sites for hydroxylation is 1. The average Bonchev–Trinajstić information content (AvgIpc) is 3.36. The summed E-state index contributed by atoms with van der Waals surface area (Å²) in [6.07, 6.45) is -0.872. The van der Waals surface area contributed by atoms with Crippen LogP contribution in [0.15, 0.2) is 97.1 Å². The molecule has 6 rings (SSSR count). The fraction of sp³-hybridized carbons (Fsp3) is 0.143. The zero-order valence-corrected chi connectivity index (χ0v) is 18.1. The zero-order valence-electron chi connectivity index (χ0n) is 18.1. The highest BCUT2D eigenvalue weighted by Crippen LogP contribution is 2.48. The number of imide groups is 1. The van der Waals surface area contributed by atoms with Crippen LogP contribution in [0.5, 0.6) is 0 Å². The maximum Gasteiger partial charge on any atom is 0.266 e. The van der Waals surface area contributed by atoms with Gasteiger partial charge in [-0.1, -0.05) is 84.4 Å². The summed E-state index contributed by atoms with van der Waals surface area (Å²) < 4.78 is 0. The molecule has 2 fully saturated rings. The van der Waals surface area contributed by atoms with Gasteiger partial charge in [0.05, 0.1) is 17.4 Å². The molecule has 2 amide bonds. The largest absolute Gasteiger partial charge is 0.273 e. The third kappa shape index (κ3) is 3.04. The number of benzene rings is 4. The summed E-state index contributed by atoms with van der Waals surface area (Å²) in [6, 6.07) is 30.8. The molecule has 0 saturated carbocycles. The molecule has 2 aliphatic heterocycles.